The van der Waals surface area contributed by atoms with E-state index in [1.807, 2.05) is 0 Å². The molecule has 0 saturated heterocycles. The van der Waals surface area contributed by atoms with E-state index in [-0.39, 0.29) is 12.1 Å². The van der Waals surface area contributed by atoms with Crippen molar-refractivity contribution in [2.24, 2.45) is 0 Å². The molecule has 2 rings (SSSR count). The molecule has 0 aliphatic carbocycles. The number of nitrogens with one attached hydrogen (secondary N) is 1. The molecule has 1 N–H and O–H groups in total. The third-order valence-corrected chi connectivity index (χ3v) is 3.26. The van der Waals surface area contributed by atoms with Gasteiger partial charge in [0.1, 0.15) is 0 Å². The van der Waals surface area contributed by atoms with Gasteiger partial charge in [0.05, 0.1) is 23.7 Å². The van der Waals surface area contributed by atoms with Crippen LogP contribution >= 0.6 is 15.9 Å². The van der Waals surface area contributed by atoms with Gasteiger partial charge in [0.15, 0.2) is 0 Å². The van der Waals surface area contributed by atoms with Crippen molar-refractivity contribution < 1.29 is 22.4 Å². The van der Waals surface area contributed by atoms with Crippen molar-refractivity contribution in [2.75, 3.05) is 0 Å². The Kier molecular flexibility index (Phi) is 4.17. The molecule has 7 heteroatoms. The van der Waals surface area contributed by atoms with Gasteiger partial charge in [0, 0.05) is 16.6 Å². The van der Waals surface area contributed by atoms with Crippen LogP contribution in [0, 0.1) is 0 Å². The van der Waals surface area contributed by atoms with Gasteiger partial charge in [-0.3, -0.25) is 4.79 Å². The first-order chi connectivity index (χ1) is 9.38. The molecule has 2 aromatic rings. The average molecular weight is 348 g/mol. The molecule has 1 heterocycles. The van der Waals surface area contributed by atoms with Gasteiger partial charge in [-0.25, -0.2) is 0 Å². The third kappa shape index (κ3) is 3.41. The van der Waals surface area contributed by atoms with E-state index in [0.29, 0.717) is 4.47 Å². The highest BCUT2D eigenvalue weighted by atomic mass is 79.9. The standard InChI is InChI=1S/C13H9BrF3NO2/c14-11-2-1-9(13(15,16)17)5-10(11)12(19)18-6-8-3-4-20-7-8/h1-5,7H,6H2,(H,18,19). The fourth-order valence-electron chi connectivity index (χ4n) is 1.55. The van der Waals surface area contributed by atoms with Crippen LogP contribution < -0.4 is 5.32 Å². The minimum absolute atomic E-state index is 0.0664. The molecule has 0 aliphatic heterocycles. The summed E-state index contributed by atoms with van der Waals surface area (Å²) in [4.78, 5) is 11.9. The van der Waals surface area contributed by atoms with E-state index in [9.17, 15) is 18.0 Å². The number of amides is 1. The first-order valence-electron chi connectivity index (χ1n) is 5.54. The second kappa shape index (κ2) is 5.70. The molecule has 0 radical (unpaired) electrons. The molecule has 0 aliphatic rings. The first kappa shape index (κ1) is 14.6. The zero-order valence-corrected chi connectivity index (χ0v) is 11.6. The Morgan fingerprint density at radius 3 is 2.65 bits per heavy atom. The van der Waals surface area contributed by atoms with Gasteiger partial charge in [-0.1, -0.05) is 0 Å². The number of alkyl halides is 3. The molecule has 0 unspecified atom stereocenters. The Morgan fingerprint density at radius 2 is 2.05 bits per heavy atom. The predicted molar refractivity (Wildman–Crippen MR) is 69.0 cm³/mol. The molecule has 1 amide bonds. The van der Waals surface area contributed by atoms with E-state index in [4.69, 9.17) is 4.42 Å². The maximum absolute atomic E-state index is 12.6. The van der Waals surface area contributed by atoms with Crippen molar-refractivity contribution in [3.63, 3.8) is 0 Å². The molecule has 0 bridgehead atoms. The van der Waals surface area contributed by atoms with E-state index in [0.717, 1.165) is 17.7 Å². The summed E-state index contributed by atoms with van der Waals surface area (Å²) < 4.78 is 43.0. The maximum atomic E-state index is 12.6. The molecule has 3 nitrogen and oxygen atoms in total. The van der Waals surface area contributed by atoms with Gasteiger partial charge in [-0.05, 0) is 40.2 Å². The number of benzene rings is 1. The van der Waals surface area contributed by atoms with Crippen LogP contribution in [-0.2, 0) is 12.7 Å². The molecule has 1 aromatic carbocycles. The van der Waals surface area contributed by atoms with Crippen LogP contribution in [0.4, 0.5) is 13.2 Å². The van der Waals surface area contributed by atoms with Crippen LogP contribution in [0.5, 0.6) is 0 Å². The molecule has 20 heavy (non-hydrogen) atoms. The Labute approximate surface area is 120 Å². The second-order valence-electron chi connectivity index (χ2n) is 4.01. The van der Waals surface area contributed by atoms with Gasteiger partial charge in [-0.2, -0.15) is 13.2 Å². The monoisotopic (exact) mass is 347 g/mol. The topological polar surface area (TPSA) is 42.2 Å². The van der Waals surface area contributed by atoms with Crippen molar-refractivity contribution in [3.05, 3.63) is 58.0 Å². The highest BCUT2D eigenvalue weighted by Crippen LogP contribution is 2.31. The van der Waals surface area contributed by atoms with Crippen LogP contribution in [-0.4, -0.2) is 5.91 Å². The van der Waals surface area contributed by atoms with Crippen LogP contribution in [0.25, 0.3) is 0 Å². The van der Waals surface area contributed by atoms with Gasteiger partial charge in [0.25, 0.3) is 5.91 Å². The molecule has 1 aromatic heterocycles. The molecule has 0 atom stereocenters. The average Bonchev–Trinajstić information content (AvgIpc) is 2.88. The minimum atomic E-state index is -4.49. The molecule has 0 spiro atoms. The number of carbonyl (C=O) groups is 1. The lowest BCUT2D eigenvalue weighted by Crippen LogP contribution is -2.23. The SMILES string of the molecule is O=C(NCc1ccoc1)c1cc(C(F)(F)F)ccc1Br. The quantitative estimate of drug-likeness (QED) is 0.911. The van der Waals surface area contributed by atoms with Crippen molar-refractivity contribution in [1.29, 1.82) is 0 Å². The van der Waals surface area contributed by atoms with Crippen LogP contribution in [0.2, 0.25) is 0 Å². The highest BCUT2D eigenvalue weighted by Gasteiger charge is 2.31. The first-order valence-corrected chi connectivity index (χ1v) is 6.33. The fourth-order valence-corrected chi connectivity index (χ4v) is 1.97. The third-order valence-electron chi connectivity index (χ3n) is 2.57. The number of halogens is 4. The predicted octanol–water partition coefficient (Wildman–Crippen LogP) is 3.99. The Bertz CT molecular complexity index is 609. The van der Waals surface area contributed by atoms with Gasteiger partial charge in [-0.15, -0.1) is 0 Å². The highest BCUT2D eigenvalue weighted by molar-refractivity contribution is 9.10. The Morgan fingerprint density at radius 1 is 1.30 bits per heavy atom. The van der Waals surface area contributed by atoms with E-state index >= 15 is 0 Å². The van der Waals surface area contributed by atoms with Gasteiger partial charge >= 0.3 is 6.18 Å². The van der Waals surface area contributed by atoms with Crippen molar-refractivity contribution >= 4 is 21.8 Å². The van der Waals surface area contributed by atoms with E-state index < -0.39 is 17.6 Å². The second-order valence-corrected chi connectivity index (χ2v) is 4.86. The lowest BCUT2D eigenvalue weighted by molar-refractivity contribution is -0.137. The zero-order valence-electron chi connectivity index (χ0n) is 10.00. The smallest absolute Gasteiger partial charge is 0.416 e. The molecular weight excluding hydrogens is 339 g/mol. The van der Waals surface area contributed by atoms with Crippen LogP contribution in [0.3, 0.4) is 0 Å². The summed E-state index contributed by atoms with van der Waals surface area (Å²) in [6.45, 7) is 0.179. The van der Waals surface area contributed by atoms with Gasteiger partial charge < -0.3 is 9.73 Å². The summed E-state index contributed by atoms with van der Waals surface area (Å²) in [5, 5.41) is 2.52. The Balaban J connectivity index is 2.16. The molecule has 106 valence electrons. The van der Waals surface area contributed by atoms with Crippen molar-refractivity contribution in [2.45, 2.75) is 12.7 Å². The number of rotatable bonds is 3. The van der Waals surface area contributed by atoms with Crippen LogP contribution in [0.1, 0.15) is 21.5 Å². The fraction of sp³-hybridized carbons (Fsp3) is 0.154. The lowest BCUT2D eigenvalue weighted by Gasteiger charge is -2.10. The summed E-state index contributed by atoms with van der Waals surface area (Å²) in [7, 11) is 0. The van der Waals surface area contributed by atoms with Crippen LogP contribution in [0.15, 0.2) is 45.7 Å². The number of furan rings is 1. The largest absolute Gasteiger partial charge is 0.472 e. The number of carbonyl (C=O) groups excluding carboxylic acids is 1. The van der Waals surface area contributed by atoms with E-state index in [1.54, 1.807) is 6.07 Å². The molecule has 0 saturated carbocycles. The summed E-state index contributed by atoms with van der Waals surface area (Å²) in [5.74, 6) is -0.593. The Hall–Kier alpha value is -1.76. The minimum Gasteiger partial charge on any atom is -0.472 e. The summed E-state index contributed by atoms with van der Waals surface area (Å²) in [5.41, 5.74) is -0.209. The molecule has 0 fully saturated rings. The van der Waals surface area contributed by atoms with E-state index in [1.165, 1.54) is 18.6 Å². The number of hydrogen-bond acceptors (Lipinski definition) is 2. The number of hydrogen-bond donors (Lipinski definition) is 1. The van der Waals surface area contributed by atoms with Crippen molar-refractivity contribution in [3.8, 4) is 0 Å². The summed E-state index contributed by atoms with van der Waals surface area (Å²) in [6, 6.07) is 4.59. The maximum Gasteiger partial charge on any atom is 0.416 e. The summed E-state index contributed by atoms with van der Waals surface area (Å²) >= 11 is 3.07. The van der Waals surface area contributed by atoms with Gasteiger partial charge in [0.2, 0.25) is 0 Å². The lowest BCUT2D eigenvalue weighted by atomic mass is 10.1. The summed E-state index contributed by atoms with van der Waals surface area (Å²) in [6.07, 6.45) is -1.59. The zero-order chi connectivity index (χ0) is 14.8. The molecular formula is C13H9BrF3NO2. The normalized spacial score (nSPS) is 11.4. The van der Waals surface area contributed by atoms with E-state index in [2.05, 4.69) is 21.2 Å². The van der Waals surface area contributed by atoms with Crippen molar-refractivity contribution in [1.82, 2.24) is 5.32 Å².